The predicted molar refractivity (Wildman–Crippen MR) is 80.0 cm³/mol. The highest BCUT2D eigenvalue weighted by atomic mass is 16.4. The van der Waals surface area contributed by atoms with Crippen LogP contribution in [0.25, 0.3) is 0 Å². The monoisotopic (exact) mass is 285 g/mol. The second-order valence-corrected chi connectivity index (χ2v) is 5.64. The molecule has 20 heavy (non-hydrogen) atoms. The van der Waals surface area contributed by atoms with E-state index in [1.165, 1.54) is 0 Å². The van der Waals surface area contributed by atoms with Gasteiger partial charge in [-0.15, -0.1) is 0 Å². The third-order valence-electron chi connectivity index (χ3n) is 3.52. The Hall–Kier alpha value is -0.870. The van der Waals surface area contributed by atoms with E-state index in [1.807, 2.05) is 26.0 Å². The van der Waals surface area contributed by atoms with Gasteiger partial charge in [0.15, 0.2) is 0 Å². The molecule has 1 atom stereocenters. The van der Waals surface area contributed by atoms with Crippen molar-refractivity contribution in [3.63, 3.8) is 0 Å². The summed E-state index contributed by atoms with van der Waals surface area (Å²) < 4.78 is 0.411. The fourth-order valence-corrected chi connectivity index (χ4v) is 2.77. The summed E-state index contributed by atoms with van der Waals surface area (Å²) in [4.78, 5) is 11.0. The van der Waals surface area contributed by atoms with Gasteiger partial charge in [-0.3, -0.25) is 0 Å². The molecule has 0 saturated carbocycles. The molecule has 0 bridgehead atoms. The lowest BCUT2D eigenvalue weighted by molar-refractivity contribution is -0.925. The van der Waals surface area contributed by atoms with Crippen molar-refractivity contribution in [1.82, 2.24) is 0 Å². The second kappa shape index (κ2) is 10.9. The van der Waals surface area contributed by atoms with Crippen molar-refractivity contribution in [1.29, 1.82) is 0 Å². The fourth-order valence-electron chi connectivity index (χ4n) is 2.77. The van der Waals surface area contributed by atoms with Crippen molar-refractivity contribution in [2.75, 3.05) is 26.2 Å². The molecule has 0 amide bonds. The molecular formula is C16H31NO3. The molecule has 0 fully saturated rings. The molecule has 1 unspecified atom stereocenters. The maximum atomic E-state index is 11.0. The van der Waals surface area contributed by atoms with Gasteiger partial charge in [-0.1, -0.05) is 45.8 Å². The van der Waals surface area contributed by atoms with Crippen LogP contribution in [0.2, 0.25) is 0 Å². The maximum Gasteiger partial charge on any atom is 0.121 e. The van der Waals surface area contributed by atoms with E-state index < -0.39 is 12.1 Å². The van der Waals surface area contributed by atoms with Gasteiger partial charge in [0.05, 0.1) is 19.1 Å². The maximum absolute atomic E-state index is 11.0. The number of aliphatic carboxylic acids is 1. The van der Waals surface area contributed by atoms with Gasteiger partial charge in [-0.25, -0.2) is 0 Å². The van der Waals surface area contributed by atoms with Crippen molar-refractivity contribution < 1.29 is 19.5 Å². The first-order chi connectivity index (χ1) is 9.49. The lowest BCUT2D eigenvalue weighted by Crippen LogP contribution is -2.57. The topological polar surface area (TPSA) is 60.4 Å². The zero-order valence-electron chi connectivity index (χ0n) is 13.3. The van der Waals surface area contributed by atoms with E-state index in [4.69, 9.17) is 0 Å². The molecule has 0 aromatic heterocycles. The molecule has 1 N–H and O–H groups in total. The number of carboxylic acid groups (broad SMARTS) is 1. The Balaban J connectivity index is 4.66. The quantitative estimate of drug-likeness (QED) is 0.336. The highest BCUT2D eigenvalue weighted by Gasteiger charge is 2.28. The van der Waals surface area contributed by atoms with Crippen LogP contribution >= 0.6 is 0 Å². The van der Waals surface area contributed by atoms with Crippen molar-refractivity contribution in [2.24, 2.45) is 0 Å². The second-order valence-electron chi connectivity index (χ2n) is 5.64. The van der Waals surface area contributed by atoms with Crippen LogP contribution in [0.15, 0.2) is 12.2 Å². The number of nitrogens with zero attached hydrogens (tertiary/aromatic N) is 1. The van der Waals surface area contributed by atoms with Gasteiger partial charge >= 0.3 is 0 Å². The number of rotatable bonds is 12. The van der Waals surface area contributed by atoms with E-state index in [0.717, 1.165) is 45.2 Å². The minimum atomic E-state index is -1.03. The number of hydrogen-bond donors (Lipinski definition) is 1. The van der Waals surface area contributed by atoms with Gasteiger partial charge in [-0.2, -0.15) is 0 Å². The summed E-state index contributed by atoms with van der Waals surface area (Å²) in [5.74, 6) is -1.03. The van der Waals surface area contributed by atoms with Gasteiger partial charge < -0.3 is 19.5 Å². The molecular weight excluding hydrogens is 254 g/mol. The Labute approximate surface area is 123 Å². The standard InChI is InChI=1S/C16H31NO3/c1-4-7-8-9-10-15(18)13-17(11-5-2,12-6-3)14-16(19)20/h9-10,15,18H,4-8,11-14H2,1-3H3/b10-9+. The lowest BCUT2D eigenvalue weighted by Gasteiger charge is -2.39. The van der Waals surface area contributed by atoms with Crippen LogP contribution in [0.5, 0.6) is 0 Å². The van der Waals surface area contributed by atoms with Crippen molar-refractivity contribution in [3.05, 3.63) is 12.2 Å². The molecule has 0 heterocycles. The number of hydrogen-bond acceptors (Lipinski definition) is 3. The molecule has 0 spiro atoms. The van der Waals surface area contributed by atoms with Crippen molar-refractivity contribution in [2.45, 2.75) is 59.0 Å². The van der Waals surface area contributed by atoms with Crippen LogP contribution in [-0.2, 0) is 4.79 Å². The Morgan fingerprint density at radius 2 is 1.80 bits per heavy atom. The molecule has 0 radical (unpaired) electrons. The minimum Gasteiger partial charge on any atom is -0.544 e. The summed E-state index contributed by atoms with van der Waals surface area (Å²) >= 11 is 0. The highest BCUT2D eigenvalue weighted by Crippen LogP contribution is 2.12. The van der Waals surface area contributed by atoms with E-state index in [1.54, 1.807) is 0 Å². The molecule has 0 aliphatic heterocycles. The molecule has 0 aromatic rings. The third-order valence-corrected chi connectivity index (χ3v) is 3.52. The van der Waals surface area contributed by atoms with E-state index >= 15 is 0 Å². The summed E-state index contributed by atoms with van der Waals surface area (Å²) in [6.45, 7) is 8.19. The van der Waals surface area contributed by atoms with E-state index in [0.29, 0.717) is 11.0 Å². The smallest absolute Gasteiger partial charge is 0.121 e. The van der Waals surface area contributed by atoms with Gasteiger partial charge in [-0.05, 0) is 19.3 Å². The molecule has 0 aliphatic rings. The average molecular weight is 285 g/mol. The van der Waals surface area contributed by atoms with Crippen molar-refractivity contribution >= 4 is 5.97 Å². The number of carboxylic acids is 1. The Morgan fingerprint density at radius 1 is 1.20 bits per heavy atom. The Bertz CT molecular complexity index is 283. The van der Waals surface area contributed by atoms with Crippen LogP contribution < -0.4 is 5.11 Å². The zero-order valence-corrected chi connectivity index (χ0v) is 13.3. The minimum absolute atomic E-state index is 0.0124. The average Bonchev–Trinajstić information content (AvgIpc) is 2.34. The van der Waals surface area contributed by atoms with Gasteiger partial charge in [0.1, 0.15) is 19.2 Å². The summed E-state index contributed by atoms with van der Waals surface area (Å²) in [5, 5.41) is 21.2. The lowest BCUT2D eigenvalue weighted by atomic mass is 10.1. The zero-order chi connectivity index (χ0) is 15.4. The van der Waals surface area contributed by atoms with Crippen LogP contribution in [0.4, 0.5) is 0 Å². The highest BCUT2D eigenvalue weighted by molar-refractivity contribution is 5.65. The fraction of sp³-hybridized carbons (Fsp3) is 0.812. The first kappa shape index (κ1) is 19.1. The molecule has 0 saturated heterocycles. The summed E-state index contributed by atoms with van der Waals surface area (Å²) in [5.41, 5.74) is 0. The van der Waals surface area contributed by atoms with Crippen LogP contribution in [0.3, 0.4) is 0 Å². The SMILES string of the molecule is CCCC/C=C/C(O)C[N+](CCC)(CCC)CC(=O)[O-]. The predicted octanol–water partition coefficient (Wildman–Crippen LogP) is 1.48. The summed E-state index contributed by atoms with van der Waals surface area (Å²) in [6.07, 6.45) is 8.25. The Kier molecular flexibility index (Phi) is 10.4. The number of carbonyl (C=O) groups is 1. The van der Waals surface area contributed by atoms with Gasteiger partial charge in [0.2, 0.25) is 0 Å². The molecule has 0 aromatic carbocycles. The van der Waals surface area contributed by atoms with Gasteiger partial charge in [0, 0.05) is 0 Å². The molecule has 0 rings (SSSR count). The third kappa shape index (κ3) is 8.33. The van der Waals surface area contributed by atoms with Crippen LogP contribution in [0.1, 0.15) is 52.9 Å². The molecule has 4 heteroatoms. The molecule has 0 aliphatic carbocycles. The van der Waals surface area contributed by atoms with Gasteiger partial charge in [0.25, 0.3) is 0 Å². The number of unbranched alkanes of at least 4 members (excludes halogenated alkanes) is 2. The van der Waals surface area contributed by atoms with E-state index in [9.17, 15) is 15.0 Å². The number of quaternary nitrogens is 1. The largest absolute Gasteiger partial charge is 0.544 e. The number of aliphatic hydroxyl groups is 1. The Morgan fingerprint density at radius 3 is 2.25 bits per heavy atom. The first-order valence-electron chi connectivity index (χ1n) is 7.89. The van der Waals surface area contributed by atoms with E-state index in [-0.39, 0.29) is 6.54 Å². The number of carbonyl (C=O) groups excluding carboxylic acids is 1. The molecule has 118 valence electrons. The van der Waals surface area contributed by atoms with E-state index in [2.05, 4.69) is 6.92 Å². The summed E-state index contributed by atoms with van der Waals surface area (Å²) in [7, 11) is 0. The number of aliphatic hydroxyl groups excluding tert-OH is 1. The summed E-state index contributed by atoms with van der Waals surface area (Å²) in [6, 6.07) is 0. The van der Waals surface area contributed by atoms with Crippen LogP contribution in [-0.4, -0.2) is 47.8 Å². The molecule has 4 nitrogen and oxygen atoms in total. The van der Waals surface area contributed by atoms with Crippen LogP contribution in [0, 0.1) is 0 Å². The van der Waals surface area contributed by atoms with Crippen molar-refractivity contribution in [3.8, 4) is 0 Å². The normalized spacial score (nSPS) is 13.8. The number of allylic oxidation sites excluding steroid dienone is 1. The first-order valence-corrected chi connectivity index (χ1v) is 7.89.